The number of methoxy groups -OCH3 is 2. The van der Waals surface area contributed by atoms with Crippen LogP contribution in [0.15, 0.2) is 40.9 Å². The van der Waals surface area contributed by atoms with Crippen LogP contribution < -0.4 is 14.4 Å². The molecule has 2 aromatic carbocycles. The Kier molecular flexibility index (Phi) is 5.41. The summed E-state index contributed by atoms with van der Waals surface area (Å²) in [7, 11) is 4.77. The van der Waals surface area contributed by atoms with Crippen LogP contribution in [0.25, 0.3) is 0 Å². The van der Waals surface area contributed by atoms with Crippen LogP contribution in [0, 0.1) is 5.92 Å². The summed E-state index contributed by atoms with van der Waals surface area (Å²) in [5, 5.41) is 9.43. The first-order valence-electron chi connectivity index (χ1n) is 8.39. The zero-order chi connectivity index (χ0) is 19.7. The van der Waals surface area contributed by atoms with E-state index in [-0.39, 0.29) is 23.3 Å². The van der Waals surface area contributed by atoms with E-state index in [1.165, 1.54) is 11.0 Å². The van der Waals surface area contributed by atoms with Crippen LogP contribution in [-0.4, -0.2) is 38.3 Å². The van der Waals surface area contributed by atoms with Crippen LogP contribution in [0.5, 0.6) is 11.5 Å². The van der Waals surface area contributed by atoms with Crippen molar-refractivity contribution >= 4 is 33.5 Å². The number of carbonyl (C=O) groups excluding carboxylic acids is 1. The number of aromatic carboxylic acids is 1. The number of carbonyl (C=O) groups is 2. The highest BCUT2D eigenvalue weighted by Gasteiger charge is 2.46. The van der Waals surface area contributed by atoms with Gasteiger partial charge in [-0.1, -0.05) is 22.0 Å². The van der Waals surface area contributed by atoms with Gasteiger partial charge in [-0.3, -0.25) is 4.79 Å². The number of anilines is 1. The Morgan fingerprint density at radius 2 is 1.81 bits per heavy atom. The summed E-state index contributed by atoms with van der Waals surface area (Å²) in [6, 6.07) is 10.5. The fourth-order valence-corrected chi connectivity index (χ4v) is 3.62. The molecular formula is C20H20BrNO5. The zero-order valence-electron chi connectivity index (χ0n) is 15.2. The SMILES string of the molecule is COc1ccc(C2CC2C(=O)N(C)c2ccc(Br)cc2C(=O)O)cc1OC. The van der Waals surface area contributed by atoms with Crippen molar-refractivity contribution in [3.05, 3.63) is 52.0 Å². The third kappa shape index (κ3) is 3.78. The molecule has 1 N–H and O–H groups in total. The summed E-state index contributed by atoms with van der Waals surface area (Å²) in [4.78, 5) is 25.8. The highest BCUT2D eigenvalue weighted by molar-refractivity contribution is 9.10. The minimum Gasteiger partial charge on any atom is -0.493 e. The monoisotopic (exact) mass is 433 g/mol. The molecule has 0 aromatic heterocycles. The van der Waals surface area contributed by atoms with Gasteiger partial charge in [-0.05, 0) is 48.2 Å². The molecule has 1 aliphatic carbocycles. The van der Waals surface area contributed by atoms with Gasteiger partial charge in [-0.15, -0.1) is 0 Å². The van der Waals surface area contributed by atoms with Gasteiger partial charge in [0.1, 0.15) is 0 Å². The van der Waals surface area contributed by atoms with Crippen molar-refractivity contribution in [3.63, 3.8) is 0 Å². The van der Waals surface area contributed by atoms with Crippen molar-refractivity contribution in [1.29, 1.82) is 0 Å². The smallest absolute Gasteiger partial charge is 0.337 e. The standard InChI is InChI=1S/C20H20BrNO5/c1-22(16-6-5-12(21)9-15(16)20(24)25)19(23)14-10-13(14)11-4-7-17(26-2)18(8-11)27-3/h4-9,13-14H,10H2,1-3H3,(H,24,25). The first-order valence-corrected chi connectivity index (χ1v) is 9.19. The van der Waals surface area contributed by atoms with E-state index in [4.69, 9.17) is 9.47 Å². The van der Waals surface area contributed by atoms with Gasteiger partial charge in [-0.25, -0.2) is 4.79 Å². The molecule has 3 rings (SSSR count). The largest absolute Gasteiger partial charge is 0.493 e. The van der Waals surface area contributed by atoms with E-state index in [1.807, 2.05) is 18.2 Å². The lowest BCUT2D eigenvalue weighted by atomic mass is 10.1. The molecule has 0 spiro atoms. The fraction of sp³-hybridized carbons (Fsp3) is 0.300. The molecule has 0 radical (unpaired) electrons. The second-order valence-corrected chi connectivity index (χ2v) is 7.34. The molecule has 0 bridgehead atoms. The van der Waals surface area contributed by atoms with Crippen molar-refractivity contribution in [2.45, 2.75) is 12.3 Å². The van der Waals surface area contributed by atoms with Crippen LogP contribution in [0.4, 0.5) is 5.69 Å². The number of rotatable bonds is 6. The van der Waals surface area contributed by atoms with E-state index in [9.17, 15) is 14.7 Å². The molecule has 2 aromatic rings. The van der Waals surface area contributed by atoms with Gasteiger partial charge in [-0.2, -0.15) is 0 Å². The van der Waals surface area contributed by atoms with Gasteiger partial charge in [0.2, 0.25) is 5.91 Å². The van der Waals surface area contributed by atoms with Crippen molar-refractivity contribution in [1.82, 2.24) is 0 Å². The second-order valence-electron chi connectivity index (χ2n) is 6.43. The zero-order valence-corrected chi connectivity index (χ0v) is 16.8. The minimum atomic E-state index is -1.07. The van der Waals surface area contributed by atoms with Gasteiger partial charge < -0.3 is 19.5 Å². The van der Waals surface area contributed by atoms with Crippen LogP contribution in [0.1, 0.15) is 28.3 Å². The Balaban J connectivity index is 1.80. The lowest BCUT2D eigenvalue weighted by molar-refractivity contribution is -0.119. The summed E-state index contributed by atoms with van der Waals surface area (Å²) < 4.78 is 11.2. The van der Waals surface area contributed by atoms with Crippen LogP contribution >= 0.6 is 15.9 Å². The van der Waals surface area contributed by atoms with Gasteiger partial charge in [0.25, 0.3) is 0 Å². The van der Waals surface area contributed by atoms with Crippen LogP contribution in [0.3, 0.4) is 0 Å². The Morgan fingerprint density at radius 1 is 1.11 bits per heavy atom. The number of hydrogen-bond acceptors (Lipinski definition) is 4. The highest BCUT2D eigenvalue weighted by Crippen LogP contribution is 2.50. The summed E-state index contributed by atoms with van der Waals surface area (Å²) in [5.74, 6) is 0.00468. The summed E-state index contributed by atoms with van der Waals surface area (Å²) in [5.41, 5.74) is 1.48. The third-order valence-electron chi connectivity index (χ3n) is 4.82. The van der Waals surface area contributed by atoms with E-state index in [1.54, 1.807) is 33.4 Å². The van der Waals surface area contributed by atoms with E-state index in [0.29, 0.717) is 21.7 Å². The number of benzene rings is 2. The topological polar surface area (TPSA) is 76.1 Å². The number of nitrogens with zero attached hydrogens (tertiary/aromatic N) is 1. The Hall–Kier alpha value is -2.54. The van der Waals surface area contributed by atoms with E-state index < -0.39 is 5.97 Å². The molecule has 142 valence electrons. The number of carboxylic acid groups (broad SMARTS) is 1. The van der Waals surface area contributed by atoms with Crippen LogP contribution in [-0.2, 0) is 4.79 Å². The molecule has 1 fully saturated rings. The number of hydrogen-bond donors (Lipinski definition) is 1. The quantitative estimate of drug-likeness (QED) is 0.746. The lowest BCUT2D eigenvalue weighted by Gasteiger charge is -2.20. The summed E-state index contributed by atoms with van der Waals surface area (Å²) in [6.07, 6.45) is 0.720. The van der Waals surface area contributed by atoms with Crippen molar-refractivity contribution in [2.75, 3.05) is 26.2 Å². The number of halogens is 1. The van der Waals surface area contributed by atoms with Crippen molar-refractivity contribution < 1.29 is 24.2 Å². The first-order chi connectivity index (χ1) is 12.9. The third-order valence-corrected chi connectivity index (χ3v) is 5.32. The molecule has 7 heteroatoms. The van der Waals surface area contributed by atoms with Crippen molar-refractivity contribution in [2.24, 2.45) is 5.92 Å². The second kappa shape index (κ2) is 7.60. The van der Waals surface area contributed by atoms with Gasteiger partial charge in [0.15, 0.2) is 11.5 Å². The summed E-state index contributed by atoms with van der Waals surface area (Å²) in [6.45, 7) is 0. The molecular weight excluding hydrogens is 414 g/mol. The fourth-order valence-electron chi connectivity index (χ4n) is 3.26. The molecule has 1 aliphatic rings. The normalized spacial score (nSPS) is 17.9. The molecule has 27 heavy (non-hydrogen) atoms. The maximum atomic E-state index is 12.9. The molecule has 0 aliphatic heterocycles. The van der Waals surface area contributed by atoms with Gasteiger partial charge in [0.05, 0.1) is 25.5 Å². The molecule has 2 atom stereocenters. The average molecular weight is 434 g/mol. The molecule has 0 heterocycles. The number of amides is 1. The molecule has 1 saturated carbocycles. The molecule has 2 unspecified atom stereocenters. The minimum absolute atomic E-state index is 0.0866. The number of carboxylic acids is 1. The van der Waals surface area contributed by atoms with Gasteiger partial charge in [0, 0.05) is 17.4 Å². The Labute approximate surface area is 165 Å². The molecule has 0 saturated heterocycles. The molecule has 1 amide bonds. The Morgan fingerprint density at radius 3 is 2.44 bits per heavy atom. The predicted octanol–water partition coefficient (Wildman–Crippen LogP) is 3.93. The average Bonchev–Trinajstić information content (AvgIpc) is 3.46. The predicted molar refractivity (Wildman–Crippen MR) is 105 cm³/mol. The maximum Gasteiger partial charge on any atom is 0.337 e. The van der Waals surface area contributed by atoms with Crippen molar-refractivity contribution in [3.8, 4) is 11.5 Å². The number of ether oxygens (including phenoxy) is 2. The summed E-state index contributed by atoms with van der Waals surface area (Å²) >= 11 is 3.27. The Bertz CT molecular complexity index is 898. The molecule has 6 nitrogen and oxygen atoms in total. The first kappa shape index (κ1) is 19.2. The van der Waals surface area contributed by atoms with E-state index in [0.717, 1.165) is 12.0 Å². The maximum absolute atomic E-state index is 12.9. The van der Waals surface area contributed by atoms with E-state index in [2.05, 4.69) is 15.9 Å². The van der Waals surface area contributed by atoms with E-state index >= 15 is 0 Å². The van der Waals surface area contributed by atoms with Gasteiger partial charge >= 0.3 is 5.97 Å². The van der Waals surface area contributed by atoms with Crippen LogP contribution in [0.2, 0.25) is 0 Å². The highest BCUT2D eigenvalue weighted by atomic mass is 79.9. The lowest BCUT2D eigenvalue weighted by Crippen LogP contribution is -2.29.